The fourth-order valence-electron chi connectivity index (χ4n) is 8.12. The second kappa shape index (κ2) is 4.69. The van der Waals surface area contributed by atoms with Crippen molar-refractivity contribution in [2.45, 2.75) is 76.0 Å². The number of aliphatic hydroxyl groups excluding tert-OH is 2. The van der Waals surface area contributed by atoms with Gasteiger partial charge in [-0.05, 0) is 24.7 Å². The van der Waals surface area contributed by atoms with Gasteiger partial charge in [0.25, 0.3) is 0 Å². The van der Waals surface area contributed by atoms with Gasteiger partial charge in [0.05, 0.1) is 16.7 Å². The lowest BCUT2D eigenvalue weighted by molar-refractivity contribution is -0.239. The fraction of sp³-hybridized carbons (Fsp3) is 0.850. The van der Waals surface area contributed by atoms with Crippen LogP contribution in [0.25, 0.3) is 0 Å². The van der Waals surface area contributed by atoms with E-state index in [2.05, 4.69) is 0 Å². The summed E-state index contributed by atoms with van der Waals surface area (Å²) < 4.78 is 22.5. The zero-order chi connectivity index (χ0) is 21.8. The number of fused-ring (bicyclic) bond motifs is 1. The molecule has 1 unspecified atom stereocenters. The van der Waals surface area contributed by atoms with Crippen LogP contribution in [-0.4, -0.2) is 75.1 Å². The first-order chi connectivity index (χ1) is 13.8. The molecule has 11 atom stereocenters. The number of ether oxygens (including phenoxy) is 4. The minimum absolute atomic E-state index is 0.229. The summed E-state index contributed by atoms with van der Waals surface area (Å²) in [4.78, 5) is 38.2. The van der Waals surface area contributed by atoms with E-state index in [1.165, 1.54) is 6.92 Å². The van der Waals surface area contributed by atoms with Crippen LogP contribution in [0.4, 0.5) is 0 Å². The molecule has 3 N–H and O–H groups in total. The molecule has 6 rings (SSSR count). The third-order valence-electron chi connectivity index (χ3n) is 9.00. The maximum absolute atomic E-state index is 13.4. The molecule has 10 nitrogen and oxygen atoms in total. The van der Waals surface area contributed by atoms with Crippen LogP contribution in [0.5, 0.6) is 0 Å². The van der Waals surface area contributed by atoms with Gasteiger partial charge in [-0.25, -0.2) is 9.59 Å². The Morgan fingerprint density at radius 3 is 2.33 bits per heavy atom. The normalized spacial score (nSPS) is 60.1. The first kappa shape index (κ1) is 19.0. The van der Waals surface area contributed by atoms with Gasteiger partial charge in [0.1, 0.15) is 12.2 Å². The average molecular weight is 424 g/mol. The van der Waals surface area contributed by atoms with Crippen molar-refractivity contribution in [3.63, 3.8) is 0 Å². The molecule has 4 saturated heterocycles. The summed E-state index contributed by atoms with van der Waals surface area (Å²) in [6.07, 6.45) is -6.91. The average Bonchev–Trinajstić information content (AvgIpc) is 3.35. The van der Waals surface area contributed by atoms with Gasteiger partial charge in [0, 0.05) is 0 Å². The van der Waals surface area contributed by atoms with E-state index in [1.807, 2.05) is 20.8 Å². The monoisotopic (exact) mass is 424 g/mol. The molecule has 0 aromatic rings. The molecule has 6 fully saturated rings. The number of hydrogen-bond donors (Lipinski definition) is 3. The molecule has 0 radical (unpaired) electrons. The van der Waals surface area contributed by atoms with E-state index >= 15 is 0 Å². The highest BCUT2D eigenvalue weighted by Gasteiger charge is 3.03. The Hall–Kier alpha value is -1.75. The second-order valence-electron chi connectivity index (χ2n) is 10.7. The summed E-state index contributed by atoms with van der Waals surface area (Å²) in [5, 5.41) is 34.7. The Labute approximate surface area is 171 Å². The first-order valence-electron chi connectivity index (χ1n) is 10.2. The largest absolute Gasteiger partial charge is 0.459 e. The highest BCUT2D eigenvalue weighted by atomic mass is 16.8. The molecule has 2 aliphatic carbocycles. The van der Waals surface area contributed by atoms with Crippen molar-refractivity contribution in [2.75, 3.05) is 0 Å². The van der Waals surface area contributed by atoms with Crippen LogP contribution in [-0.2, 0) is 33.3 Å². The van der Waals surface area contributed by atoms with Gasteiger partial charge in [-0.2, -0.15) is 0 Å². The standard InChI is InChI=1S/C20H24O10/c1-6-12(23)28-11-9(21)18-8-5-7(16(2,3)4)17(18)10(22)13(24)29-15(17)30-20(18,14(25)27-8)19(6,11)26/h6-11,15,21-22,26H,5H2,1-4H3/t6-,7+,8-,9+,10+,11+,15+,17+,18+,19-,20?/m1/s1. The molecule has 0 bridgehead atoms. The third-order valence-corrected chi connectivity index (χ3v) is 9.00. The molecule has 30 heavy (non-hydrogen) atoms. The summed E-state index contributed by atoms with van der Waals surface area (Å²) in [6, 6.07) is 0. The van der Waals surface area contributed by atoms with E-state index in [9.17, 15) is 29.7 Å². The molecule has 0 amide bonds. The molecule has 4 aliphatic heterocycles. The molecule has 0 aromatic heterocycles. The Kier molecular flexibility index (Phi) is 2.97. The molecule has 164 valence electrons. The highest BCUT2D eigenvalue weighted by molar-refractivity contribution is 5.94. The molecule has 0 aromatic carbocycles. The molecule has 4 heterocycles. The molecule has 10 heteroatoms. The van der Waals surface area contributed by atoms with Crippen LogP contribution in [0.3, 0.4) is 0 Å². The van der Waals surface area contributed by atoms with Gasteiger partial charge in [-0.3, -0.25) is 4.79 Å². The summed E-state index contributed by atoms with van der Waals surface area (Å²) >= 11 is 0. The van der Waals surface area contributed by atoms with Crippen molar-refractivity contribution in [2.24, 2.45) is 28.1 Å². The Morgan fingerprint density at radius 1 is 1.03 bits per heavy atom. The number of aliphatic hydroxyl groups is 3. The van der Waals surface area contributed by atoms with Crippen LogP contribution in [0, 0.1) is 28.1 Å². The third kappa shape index (κ3) is 1.33. The predicted octanol–water partition coefficient (Wildman–Crippen LogP) is -1.37. The van der Waals surface area contributed by atoms with E-state index in [-0.39, 0.29) is 6.42 Å². The minimum Gasteiger partial charge on any atom is -0.459 e. The van der Waals surface area contributed by atoms with Gasteiger partial charge in [-0.15, -0.1) is 0 Å². The number of rotatable bonds is 0. The Morgan fingerprint density at radius 2 is 1.70 bits per heavy atom. The van der Waals surface area contributed by atoms with Gasteiger partial charge in [0.15, 0.2) is 17.8 Å². The van der Waals surface area contributed by atoms with Crippen molar-refractivity contribution in [3.05, 3.63) is 0 Å². The number of carbonyl (C=O) groups is 3. The first-order valence-corrected chi connectivity index (χ1v) is 10.2. The zero-order valence-corrected chi connectivity index (χ0v) is 16.9. The maximum Gasteiger partial charge on any atom is 0.343 e. The van der Waals surface area contributed by atoms with Crippen molar-refractivity contribution < 1.29 is 48.7 Å². The van der Waals surface area contributed by atoms with Gasteiger partial charge >= 0.3 is 17.9 Å². The van der Waals surface area contributed by atoms with Crippen LogP contribution in [0.1, 0.15) is 34.1 Å². The van der Waals surface area contributed by atoms with E-state index in [4.69, 9.17) is 18.9 Å². The SMILES string of the molecule is C[C@@H]1C(=O)O[C@H]2[C@H](O)[C@@]34[C@H]5C[C@@H](C(C)(C)C)[C@]36[C@@H](OC(=O)[C@@H]6O)OC4(C(=O)O5)[C@@]12O. The highest BCUT2D eigenvalue weighted by Crippen LogP contribution is 2.84. The van der Waals surface area contributed by atoms with Crippen molar-refractivity contribution in [1.82, 2.24) is 0 Å². The van der Waals surface area contributed by atoms with E-state index in [0.29, 0.717) is 0 Å². The zero-order valence-electron chi connectivity index (χ0n) is 16.9. The van der Waals surface area contributed by atoms with Gasteiger partial charge in [-0.1, -0.05) is 20.8 Å². The van der Waals surface area contributed by atoms with E-state index in [1.54, 1.807) is 0 Å². The molecular formula is C20H24O10. The summed E-state index contributed by atoms with van der Waals surface area (Å²) in [6.45, 7) is 7.14. The van der Waals surface area contributed by atoms with Crippen molar-refractivity contribution in [3.8, 4) is 0 Å². The maximum atomic E-state index is 13.4. The van der Waals surface area contributed by atoms with Gasteiger partial charge < -0.3 is 34.3 Å². The van der Waals surface area contributed by atoms with Crippen LogP contribution < -0.4 is 0 Å². The lowest BCUT2D eigenvalue weighted by Gasteiger charge is -2.47. The van der Waals surface area contributed by atoms with Crippen LogP contribution in [0.15, 0.2) is 0 Å². The lowest BCUT2D eigenvalue weighted by atomic mass is 9.51. The smallest absolute Gasteiger partial charge is 0.343 e. The van der Waals surface area contributed by atoms with E-state index in [0.717, 1.165) is 0 Å². The molecule has 2 saturated carbocycles. The van der Waals surface area contributed by atoms with Crippen molar-refractivity contribution >= 4 is 17.9 Å². The van der Waals surface area contributed by atoms with Crippen molar-refractivity contribution in [1.29, 1.82) is 0 Å². The minimum atomic E-state index is -2.24. The van der Waals surface area contributed by atoms with Crippen LogP contribution >= 0.6 is 0 Å². The number of carbonyl (C=O) groups excluding carboxylic acids is 3. The number of esters is 3. The quantitative estimate of drug-likeness (QED) is 0.314. The Balaban J connectivity index is 1.72. The molecular weight excluding hydrogens is 400 g/mol. The Bertz CT molecular complexity index is 925. The van der Waals surface area contributed by atoms with Gasteiger partial charge in [0.2, 0.25) is 11.9 Å². The summed E-state index contributed by atoms with van der Waals surface area (Å²) in [7, 11) is 0. The second-order valence-corrected chi connectivity index (χ2v) is 10.7. The lowest BCUT2D eigenvalue weighted by Crippen LogP contribution is -2.67. The molecule has 2 spiro atoms. The van der Waals surface area contributed by atoms with Crippen LogP contribution in [0.2, 0.25) is 0 Å². The topological polar surface area (TPSA) is 149 Å². The fourth-order valence-corrected chi connectivity index (χ4v) is 8.12. The number of hydrogen-bond acceptors (Lipinski definition) is 10. The van der Waals surface area contributed by atoms with E-state index < -0.39 is 87.9 Å². The molecule has 6 aliphatic rings. The summed E-state index contributed by atoms with van der Waals surface area (Å²) in [5.41, 5.74) is -8.26. The summed E-state index contributed by atoms with van der Waals surface area (Å²) in [5.74, 6) is -4.32. The predicted molar refractivity (Wildman–Crippen MR) is 92.0 cm³/mol.